The molecular weight excluding hydrogens is 779 g/mol. The van der Waals surface area contributed by atoms with Gasteiger partial charge in [0.05, 0.1) is 73.4 Å². The maximum Gasteiger partial charge on any atom is 0.407 e. The van der Waals surface area contributed by atoms with Crippen LogP contribution in [0.4, 0.5) is 9.59 Å². The minimum atomic E-state index is -1.15. The molecule has 0 spiro atoms. The fraction of sp³-hybridized carbons (Fsp3) is 0.333. The van der Waals surface area contributed by atoms with E-state index in [-0.39, 0.29) is 18.0 Å². The van der Waals surface area contributed by atoms with Crippen LogP contribution in [0, 0.1) is 0 Å². The van der Waals surface area contributed by atoms with E-state index in [0.29, 0.717) is 30.3 Å². The van der Waals surface area contributed by atoms with Crippen molar-refractivity contribution < 1.29 is 34.1 Å². The molecule has 6 aromatic rings. The summed E-state index contributed by atoms with van der Waals surface area (Å²) >= 11 is 0. The van der Waals surface area contributed by atoms with Crippen LogP contribution >= 0.6 is 0 Å². The molecule has 3 amide bonds. The Morgan fingerprint density at radius 2 is 1.38 bits per heavy atom. The molecule has 0 aliphatic carbocycles. The van der Waals surface area contributed by atoms with E-state index in [1.807, 2.05) is 83.8 Å². The van der Waals surface area contributed by atoms with Gasteiger partial charge >= 0.3 is 12.2 Å². The Morgan fingerprint density at radius 1 is 0.754 bits per heavy atom. The number of likely N-dealkylation sites (tertiary alicyclic amines) is 2. The first-order valence-electron chi connectivity index (χ1n) is 20.4. The maximum absolute atomic E-state index is 13.9. The predicted octanol–water partition coefficient (Wildman–Crippen LogP) is 6.00. The Morgan fingerprint density at radius 3 is 2.08 bits per heavy atom. The zero-order valence-electron chi connectivity index (χ0n) is 34.1. The van der Waals surface area contributed by atoms with Gasteiger partial charge in [-0.1, -0.05) is 66.7 Å². The summed E-state index contributed by atoms with van der Waals surface area (Å²) in [5, 5.41) is 27.8. The Kier molecular flexibility index (Phi) is 12.1. The van der Waals surface area contributed by atoms with Gasteiger partial charge < -0.3 is 45.2 Å². The topological polar surface area (TPSA) is 211 Å². The zero-order chi connectivity index (χ0) is 42.6. The monoisotopic (exact) mass is 827 g/mol. The number of carbonyl (C=O) groups excluding carboxylic acids is 3. The molecule has 2 aliphatic heterocycles. The van der Waals surface area contributed by atoms with E-state index in [1.54, 1.807) is 17.3 Å². The lowest BCUT2D eigenvalue weighted by molar-refractivity contribution is -0.134. The van der Waals surface area contributed by atoms with Crippen molar-refractivity contribution >= 4 is 29.0 Å². The quantitative estimate of drug-likeness (QED) is 0.0842. The summed E-state index contributed by atoms with van der Waals surface area (Å²) in [5.41, 5.74) is 6.80. The second-order valence-corrected chi connectivity index (χ2v) is 15.4. The van der Waals surface area contributed by atoms with Crippen LogP contribution in [0.25, 0.3) is 44.7 Å². The van der Waals surface area contributed by atoms with Gasteiger partial charge in [-0.05, 0) is 61.9 Å². The number of H-pyrrole nitrogens is 2. The molecule has 5 heterocycles. The van der Waals surface area contributed by atoms with Gasteiger partial charge in [0.25, 0.3) is 5.91 Å². The molecule has 2 saturated heterocycles. The number of benzene rings is 3. The minimum absolute atomic E-state index is 0.222. The molecule has 3 aromatic heterocycles. The van der Waals surface area contributed by atoms with Crippen LogP contribution in [0.5, 0.6) is 0 Å². The molecule has 2 fully saturated rings. The lowest BCUT2D eigenvalue weighted by atomic mass is 10.0. The number of fused-ring (bicyclic) bond motifs is 1. The van der Waals surface area contributed by atoms with E-state index in [9.17, 15) is 24.6 Å². The lowest BCUT2D eigenvalue weighted by Gasteiger charge is -2.35. The molecule has 3 aromatic carbocycles. The Hall–Kier alpha value is -6.62. The second-order valence-electron chi connectivity index (χ2n) is 15.4. The number of methoxy groups -OCH3 is 2. The molecule has 8 rings (SSSR count). The number of hydrogen-bond donors (Lipinski definition) is 6. The molecule has 6 atom stereocenters. The largest absolute Gasteiger partial charge is 0.453 e. The molecule has 1 unspecified atom stereocenters. The molecule has 0 radical (unpaired) electrons. The number of rotatable bonds is 12. The van der Waals surface area contributed by atoms with Crippen molar-refractivity contribution in [2.45, 2.75) is 69.1 Å². The molecule has 2 aliphatic rings. The van der Waals surface area contributed by atoms with Crippen molar-refractivity contribution in [2.24, 2.45) is 0 Å². The van der Waals surface area contributed by atoms with Crippen molar-refractivity contribution in [1.29, 1.82) is 0 Å². The number of ether oxygens (including phenoxy) is 2. The number of hydrogen-bond acceptors (Lipinski definition) is 11. The molecule has 0 saturated carbocycles. The summed E-state index contributed by atoms with van der Waals surface area (Å²) in [6.45, 7) is 2.63. The highest BCUT2D eigenvalue weighted by Crippen LogP contribution is 2.36. The number of amides is 3. The summed E-state index contributed by atoms with van der Waals surface area (Å²) in [5.74, 6) is 1.16. The highest BCUT2D eigenvalue weighted by atomic mass is 16.5. The van der Waals surface area contributed by atoms with Crippen LogP contribution in [0.2, 0.25) is 0 Å². The molecule has 61 heavy (non-hydrogen) atoms. The van der Waals surface area contributed by atoms with E-state index >= 15 is 0 Å². The van der Waals surface area contributed by atoms with E-state index < -0.39 is 36.6 Å². The smallest absolute Gasteiger partial charge is 0.407 e. The summed E-state index contributed by atoms with van der Waals surface area (Å²) < 4.78 is 9.52. The number of aromatic amines is 2. The van der Waals surface area contributed by atoms with Gasteiger partial charge in [-0.25, -0.2) is 24.5 Å². The third-order valence-corrected chi connectivity index (χ3v) is 11.6. The molecule has 316 valence electrons. The summed E-state index contributed by atoms with van der Waals surface area (Å²) in [6, 6.07) is 25.0. The van der Waals surface area contributed by atoms with Crippen molar-refractivity contribution in [3.8, 4) is 33.8 Å². The molecular formula is C45H49N9O7. The normalized spacial score (nSPS) is 18.7. The van der Waals surface area contributed by atoms with Crippen molar-refractivity contribution in [3.05, 3.63) is 115 Å². The first-order valence-corrected chi connectivity index (χ1v) is 20.4. The summed E-state index contributed by atoms with van der Waals surface area (Å²) in [6.07, 6.45) is 3.11. The first kappa shape index (κ1) is 41.1. The van der Waals surface area contributed by atoms with E-state index in [4.69, 9.17) is 19.4 Å². The third-order valence-electron chi connectivity index (χ3n) is 11.6. The molecule has 6 N–H and O–H groups in total. The zero-order valence-corrected chi connectivity index (χ0v) is 34.1. The van der Waals surface area contributed by atoms with Crippen molar-refractivity contribution in [1.82, 2.24) is 45.4 Å². The van der Waals surface area contributed by atoms with Gasteiger partial charge in [-0.2, -0.15) is 0 Å². The third kappa shape index (κ3) is 8.68. The van der Waals surface area contributed by atoms with Gasteiger partial charge in [0, 0.05) is 29.6 Å². The number of pyridine rings is 1. The van der Waals surface area contributed by atoms with E-state index in [2.05, 4.69) is 31.7 Å². The number of nitrogens with zero attached hydrogens (tertiary/aromatic N) is 5. The highest BCUT2D eigenvalue weighted by molar-refractivity contribution is 5.88. The van der Waals surface area contributed by atoms with Gasteiger partial charge in [-0.3, -0.25) is 9.69 Å². The van der Waals surface area contributed by atoms with Gasteiger partial charge in [0.1, 0.15) is 23.9 Å². The lowest BCUT2D eigenvalue weighted by Crippen LogP contribution is -2.56. The van der Waals surface area contributed by atoms with Gasteiger partial charge in [-0.15, -0.1) is 0 Å². The molecule has 16 nitrogen and oxygen atoms in total. The van der Waals surface area contributed by atoms with E-state index in [0.717, 1.165) is 70.4 Å². The van der Waals surface area contributed by atoms with Crippen LogP contribution in [0.1, 0.15) is 67.9 Å². The Bertz CT molecular complexity index is 2490. The van der Waals surface area contributed by atoms with Crippen molar-refractivity contribution in [3.63, 3.8) is 0 Å². The van der Waals surface area contributed by atoms with Crippen LogP contribution < -0.4 is 10.6 Å². The van der Waals surface area contributed by atoms with Gasteiger partial charge in [0.2, 0.25) is 0 Å². The van der Waals surface area contributed by atoms with Crippen LogP contribution in [0.3, 0.4) is 0 Å². The van der Waals surface area contributed by atoms with Crippen molar-refractivity contribution in [2.75, 3.05) is 27.3 Å². The SMILES string of the molecule is COC(=O)N[C@H](C(O)N1CCC[C@H]1c1ncc(-c2ccc3nc(-c4ccc(-c5cnc([C@@H]6CCCN6C(=O)[C@H](NC(=O)OC)c6ccccc6)[nH]5)cc4)ccc3c2)[nH]1)[C@@H](C)O. The number of aliphatic hydroxyl groups excluding tert-OH is 2. The standard InChI is InChI=1S/C45H49N9O7/c1-26(55)38(51-44(58)60-2)42(56)53-21-7-11-36(53)41-47-25-35(50-41)31-18-20-33-30(23-31)17-19-32(48-33)27-13-15-28(16-14-27)34-24-46-40(49-34)37-12-8-22-54(37)43(57)39(52-45(59)61-3)29-9-5-4-6-10-29/h4-6,9-10,13-20,23-26,36-39,42,55-56H,7-8,11-12,21-22H2,1-3H3,(H,46,49)(H,47,50)(H,51,58)(H,52,59)/t26-,36+,37+,38+,39-,42?/m1/s1. The number of nitrogens with one attached hydrogen (secondary N) is 4. The fourth-order valence-corrected chi connectivity index (χ4v) is 8.42. The second kappa shape index (κ2) is 17.9. The van der Waals surface area contributed by atoms with E-state index in [1.165, 1.54) is 21.1 Å². The Labute approximate surface area is 352 Å². The number of carbonyl (C=O) groups is 3. The minimum Gasteiger partial charge on any atom is -0.453 e. The first-order chi connectivity index (χ1) is 29.6. The number of aromatic nitrogens is 5. The average molecular weight is 828 g/mol. The summed E-state index contributed by atoms with van der Waals surface area (Å²) in [7, 11) is 2.51. The Balaban J connectivity index is 0.941. The predicted molar refractivity (Wildman–Crippen MR) is 226 cm³/mol. The van der Waals surface area contributed by atoms with Gasteiger partial charge in [0.15, 0.2) is 0 Å². The number of alkyl carbamates (subject to hydrolysis) is 2. The van der Waals surface area contributed by atoms with Crippen LogP contribution in [-0.4, -0.2) is 109 Å². The average Bonchev–Trinajstić information content (AvgIpc) is 4.14. The fourth-order valence-electron chi connectivity index (χ4n) is 8.42. The maximum atomic E-state index is 13.9. The summed E-state index contributed by atoms with van der Waals surface area (Å²) in [4.78, 5) is 62.9. The van der Waals surface area contributed by atoms with Crippen LogP contribution in [-0.2, 0) is 14.3 Å². The number of imidazole rings is 2. The van der Waals surface area contributed by atoms with Crippen LogP contribution in [0.15, 0.2) is 97.3 Å². The molecule has 16 heteroatoms. The molecule has 0 bridgehead atoms. The number of aliphatic hydroxyl groups is 2. The highest BCUT2D eigenvalue weighted by Gasteiger charge is 2.39.